The van der Waals surface area contributed by atoms with Crippen molar-refractivity contribution < 1.29 is 4.79 Å². The van der Waals surface area contributed by atoms with Gasteiger partial charge < -0.3 is 10.6 Å². The van der Waals surface area contributed by atoms with Crippen LogP contribution in [0.2, 0.25) is 0 Å². The van der Waals surface area contributed by atoms with E-state index in [0.717, 1.165) is 66.7 Å². The topological polar surface area (TPSA) is 87.4 Å². The molecule has 1 fully saturated rings. The smallest absolute Gasteiger partial charge is 0.222 e. The summed E-state index contributed by atoms with van der Waals surface area (Å²) in [5, 5.41) is 9.86. The molecule has 3 heterocycles. The average molecular weight is 396 g/mol. The van der Waals surface area contributed by atoms with E-state index in [1.807, 2.05) is 18.2 Å². The second-order valence-electron chi connectivity index (χ2n) is 7.57. The Morgan fingerprint density at radius 3 is 2.79 bits per heavy atom. The third-order valence-electron chi connectivity index (χ3n) is 6.02. The summed E-state index contributed by atoms with van der Waals surface area (Å²) < 4.78 is 2.14. The fourth-order valence-electron chi connectivity index (χ4n) is 4.80. The van der Waals surface area contributed by atoms with Crippen LogP contribution in [0.1, 0.15) is 36.0 Å². The highest BCUT2D eigenvalue weighted by molar-refractivity contribution is 5.87. The Morgan fingerprint density at radius 2 is 2.00 bits per heavy atom. The second-order valence-corrected chi connectivity index (χ2v) is 7.57. The first-order valence-electron chi connectivity index (χ1n) is 9.58. The maximum Gasteiger partial charge on any atom is 0.222 e. The van der Waals surface area contributed by atoms with Crippen LogP contribution in [0.15, 0.2) is 24.3 Å². The highest BCUT2D eigenvalue weighted by atomic mass is 35.5. The number of piperidine rings is 1. The van der Waals surface area contributed by atoms with Gasteiger partial charge in [0.25, 0.3) is 0 Å². The Hall–Kier alpha value is -2.78. The van der Waals surface area contributed by atoms with Crippen LogP contribution < -0.4 is 10.6 Å². The first-order valence-corrected chi connectivity index (χ1v) is 9.58. The van der Waals surface area contributed by atoms with Crippen LogP contribution in [0.5, 0.6) is 0 Å². The van der Waals surface area contributed by atoms with E-state index in [-0.39, 0.29) is 24.2 Å². The highest BCUT2D eigenvalue weighted by Gasteiger charge is 2.31. The van der Waals surface area contributed by atoms with Crippen LogP contribution >= 0.6 is 12.4 Å². The molecule has 2 N–H and O–H groups in total. The molecular formula is C21H22ClN5O. The van der Waals surface area contributed by atoms with Gasteiger partial charge in [-0.3, -0.25) is 9.20 Å². The number of benzene rings is 1. The minimum absolute atomic E-state index is 0. The molecular weight excluding hydrogens is 374 g/mol. The third kappa shape index (κ3) is 2.61. The Labute approximate surface area is 169 Å². The van der Waals surface area contributed by atoms with Crippen molar-refractivity contribution in [1.29, 1.82) is 5.26 Å². The Kier molecular flexibility index (Phi) is 4.64. The summed E-state index contributed by atoms with van der Waals surface area (Å²) in [7, 11) is 0. The molecule has 1 atom stereocenters. The molecule has 1 unspecified atom stereocenters. The molecule has 5 rings (SSSR count). The lowest BCUT2D eigenvalue weighted by atomic mass is 9.96. The van der Waals surface area contributed by atoms with Crippen molar-refractivity contribution >= 4 is 40.8 Å². The summed E-state index contributed by atoms with van der Waals surface area (Å²) in [6.07, 6.45) is 4.71. The summed E-state index contributed by atoms with van der Waals surface area (Å²) in [5.41, 5.74) is 11.3. The van der Waals surface area contributed by atoms with Crippen LogP contribution in [0.25, 0.3) is 16.7 Å². The van der Waals surface area contributed by atoms with Gasteiger partial charge in [-0.05, 0) is 55.4 Å². The highest BCUT2D eigenvalue weighted by Crippen LogP contribution is 2.39. The number of aromatic nitrogens is 2. The van der Waals surface area contributed by atoms with Gasteiger partial charge in [-0.15, -0.1) is 12.4 Å². The van der Waals surface area contributed by atoms with Gasteiger partial charge in [0.05, 0.1) is 22.5 Å². The molecule has 1 saturated heterocycles. The number of halogens is 1. The first kappa shape index (κ1) is 18.6. The molecule has 0 saturated carbocycles. The van der Waals surface area contributed by atoms with Crippen molar-refractivity contribution in [3.05, 3.63) is 41.0 Å². The molecule has 1 amide bonds. The number of amides is 1. The van der Waals surface area contributed by atoms with Gasteiger partial charge in [0.15, 0.2) is 5.65 Å². The lowest BCUT2D eigenvalue weighted by Crippen LogP contribution is -2.42. The minimum atomic E-state index is -0.225. The summed E-state index contributed by atoms with van der Waals surface area (Å²) in [5.74, 6) is 0.754. The number of hydrogen-bond acceptors (Lipinski definition) is 4. The van der Waals surface area contributed by atoms with Gasteiger partial charge in [-0.2, -0.15) is 5.26 Å². The predicted octanol–water partition coefficient (Wildman–Crippen LogP) is 2.97. The number of nitrogens with zero attached hydrogens (tertiary/aromatic N) is 4. The van der Waals surface area contributed by atoms with Gasteiger partial charge in [0.1, 0.15) is 11.9 Å². The lowest BCUT2D eigenvalue weighted by Gasteiger charge is -2.35. The van der Waals surface area contributed by atoms with E-state index in [9.17, 15) is 10.1 Å². The molecule has 144 valence electrons. The van der Waals surface area contributed by atoms with E-state index in [1.165, 1.54) is 5.56 Å². The number of anilines is 1. The number of primary amides is 1. The first-order chi connectivity index (χ1) is 13.2. The van der Waals surface area contributed by atoms with Crippen molar-refractivity contribution in [2.24, 2.45) is 11.7 Å². The van der Waals surface area contributed by atoms with Crippen LogP contribution in [0.4, 0.5) is 5.82 Å². The number of para-hydroxylation sites is 2. The van der Waals surface area contributed by atoms with E-state index in [2.05, 4.69) is 21.4 Å². The van der Waals surface area contributed by atoms with Crippen LogP contribution in [-0.2, 0) is 17.6 Å². The second kappa shape index (κ2) is 6.99. The summed E-state index contributed by atoms with van der Waals surface area (Å²) >= 11 is 0. The molecule has 3 aromatic rings. The number of carbonyl (C=O) groups excluding carboxylic acids is 1. The quantitative estimate of drug-likeness (QED) is 0.722. The van der Waals surface area contributed by atoms with Gasteiger partial charge in [-0.25, -0.2) is 4.98 Å². The third-order valence-corrected chi connectivity index (χ3v) is 6.02. The number of nitriles is 1. The maximum absolute atomic E-state index is 11.8. The van der Waals surface area contributed by atoms with E-state index < -0.39 is 0 Å². The minimum Gasteiger partial charge on any atom is -0.369 e. The van der Waals surface area contributed by atoms with Crippen LogP contribution in [0.3, 0.4) is 0 Å². The summed E-state index contributed by atoms with van der Waals surface area (Å²) in [4.78, 5) is 18.9. The zero-order chi connectivity index (χ0) is 18.5. The van der Waals surface area contributed by atoms with Gasteiger partial charge in [0.2, 0.25) is 5.91 Å². The largest absolute Gasteiger partial charge is 0.369 e. The number of nitrogens with two attached hydrogens (primary N) is 1. The molecule has 7 heteroatoms. The number of carbonyl (C=O) groups is 1. The van der Waals surface area contributed by atoms with E-state index in [0.29, 0.717) is 12.1 Å². The van der Waals surface area contributed by atoms with Gasteiger partial charge >= 0.3 is 0 Å². The fraction of sp³-hybridized carbons (Fsp3) is 0.381. The zero-order valence-electron chi connectivity index (χ0n) is 15.5. The monoisotopic (exact) mass is 395 g/mol. The molecule has 1 aliphatic carbocycles. The molecule has 2 aromatic heterocycles. The number of rotatable bonds is 2. The Bertz CT molecular complexity index is 1130. The van der Waals surface area contributed by atoms with Crippen LogP contribution in [0, 0.1) is 17.2 Å². The van der Waals surface area contributed by atoms with Crippen molar-refractivity contribution in [2.75, 3.05) is 18.0 Å². The molecule has 2 aliphatic rings. The number of hydrogen-bond donors (Lipinski definition) is 1. The number of pyridine rings is 1. The van der Waals surface area contributed by atoms with E-state index >= 15 is 0 Å². The average Bonchev–Trinajstić information content (AvgIpc) is 3.31. The van der Waals surface area contributed by atoms with Crippen LogP contribution in [-0.4, -0.2) is 28.4 Å². The number of imidazole rings is 1. The molecule has 0 radical (unpaired) electrons. The molecule has 1 aromatic carbocycles. The predicted molar refractivity (Wildman–Crippen MR) is 111 cm³/mol. The Balaban J connectivity index is 0.00000192. The van der Waals surface area contributed by atoms with Gasteiger partial charge in [-0.1, -0.05) is 12.1 Å². The van der Waals surface area contributed by atoms with Crippen molar-refractivity contribution in [3.8, 4) is 6.07 Å². The van der Waals surface area contributed by atoms with Crippen molar-refractivity contribution in [2.45, 2.75) is 32.1 Å². The molecule has 1 aliphatic heterocycles. The molecule has 28 heavy (non-hydrogen) atoms. The van der Waals surface area contributed by atoms with E-state index in [1.54, 1.807) is 0 Å². The normalized spacial score (nSPS) is 18.7. The number of fused-ring (bicyclic) bond motifs is 4. The SMILES string of the molecule is Cl.N#Cc1c2c(c(N3CCCC(C(N)=O)C3)n3c1nc1ccccc13)CCC2. The van der Waals surface area contributed by atoms with Crippen molar-refractivity contribution in [1.82, 2.24) is 9.38 Å². The summed E-state index contributed by atoms with van der Waals surface area (Å²) in [6.45, 7) is 1.53. The maximum atomic E-state index is 11.8. The standard InChI is InChI=1S/C21H21N5O.ClH/c22-11-16-14-6-3-7-15(14)21(25-10-4-5-13(12-25)19(23)27)26-18-9-2-1-8-17(18)24-20(16)26;/h1-2,8-9,13H,3-7,10,12H2,(H2,23,27);1H. The lowest BCUT2D eigenvalue weighted by molar-refractivity contribution is -0.122. The molecule has 6 nitrogen and oxygen atoms in total. The zero-order valence-corrected chi connectivity index (χ0v) is 16.3. The van der Waals surface area contributed by atoms with E-state index in [4.69, 9.17) is 10.7 Å². The van der Waals surface area contributed by atoms with Crippen molar-refractivity contribution in [3.63, 3.8) is 0 Å². The Morgan fingerprint density at radius 1 is 1.21 bits per heavy atom. The molecule has 0 bridgehead atoms. The molecule has 0 spiro atoms. The van der Waals surface area contributed by atoms with Gasteiger partial charge in [0, 0.05) is 13.1 Å². The fourth-order valence-corrected chi connectivity index (χ4v) is 4.80. The summed E-state index contributed by atoms with van der Waals surface area (Å²) in [6, 6.07) is 10.4.